The maximum absolute atomic E-state index is 7.65. The van der Waals surface area contributed by atoms with Crippen LogP contribution >= 0.6 is 0 Å². The van der Waals surface area contributed by atoms with Crippen molar-refractivity contribution in [1.29, 1.82) is 5.41 Å². The summed E-state index contributed by atoms with van der Waals surface area (Å²) >= 11 is 0. The molecular formula is C13H19NO. The number of aryl methyl sites for hydroxylation is 3. The Morgan fingerprint density at radius 3 is 2.20 bits per heavy atom. The molecule has 2 heteroatoms. The van der Waals surface area contributed by atoms with Crippen molar-refractivity contribution in [3.8, 4) is 0 Å². The number of ether oxygens (including phenoxy) is 1. The van der Waals surface area contributed by atoms with E-state index in [0.29, 0.717) is 18.9 Å². The lowest BCUT2D eigenvalue weighted by atomic mass is 9.97. The molecule has 1 aromatic rings. The molecule has 1 rings (SSSR count). The summed E-state index contributed by atoms with van der Waals surface area (Å²) < 4.78 is 5.17. The highest BCUT2D eigenvalue weighted by Crippen LogP contribution is 2.17. The first-order valence-electron chi connectivity index (χ1n) is 5.31. The number of nitrogens with one attached hydrogen (secondary N) is 1. The Balaban J connectivity index is 2.90. The molecule has 0 aromatic heterocycles. The lowest BCUT2D eigenvalue weighted by Gasteiger charge is -2.12. The second-order valence-electron chi connectivity index (χ2n) is 3.91. The normalized spacial score (nSPS) is 10.1. The largest absolute Gasteiger partial charge is 0.481 e. The van der Waals surface area contributed by atoms with Crippen LogP contribution < -0.4 is 0 Å². The molecule has 0 saturated heterocycles. The second-order valence-corrected chi connectivity index (χ2v) is 3.91. The van der Waals surface area contributed by atoms with E-state index in [4.69, 9.17) is 10.1 Å². The Hall–Kier alpha value is -1.31. The molecule has 0 saturated carbocycles. The van der Waals surface area contributed by atoms with E-state index in [9.17, 15) is 0 Å². The third-order valence-electron chi connectivity index (χ3n) is 2.50. The van der Waals surface area contributed by atoms with Gasteiger partial charge in [-0.25, -0.2) is 0 Å². The van der Waals surface area contributed by atoms with Crippen LogP contribution in [0.1, 0.15) is 29.2 Å². The average molecular weight is 205 g/mol. The number of benzene rings is 1. The zero-order chi connectivity index (χ0) is 11.4. The van der Waals surface area contributed by atoms with Gasteiger partial charge in [-0.1, -0.05) is 17.7 Å². The Morgan fingerprint density at radius 1 is 1.20 bits per heavy atom. The zero-order valence-electron chi connectivity index (χ0n) is 9.98. The molecule has 0 amide bonds. The molecule has 0 radical (unpaired) electrons. The minimum atomic E-state index is 0.354. The van der Waals surface area contributed by atoms with Crippen molar-refractivity contribution < 1.29 is 4.74 Å². The Morgan fingerprint density at radius 2 is 1.73 bits per heavy atom. The smallest absolute Gasteiger partial charge is 0.184 e. The molecule has 0 atom stereocenters. The van der Waals surface area contributed by atoms with Crippen LogP contribution in [0.3, 0.4) is 0 Å². The fraction of sp³-hybridized carbons (Fsp3) is 0.462. The van der Waals surface area contributed by atoms with Gasteiger partial charge in [0.15, 0.2) is 5.90 Å². The van der Waals surface area contributed by atoms with Crippen LogP contribution in [0, 0.1) is 26.2 Å². The highest BCUT2D eigenvalue weighted by Gasteiger charge is 2.07. The molecule has 0 aliphatic heterocycles. The van der Waals surface area contributed by atoms with Gasteiger partial charge in [-0.2, -0.15) is 0 Å². The lowest BCUT2D eigenvalue weighted by Crippen LogP contribution is -2.09. The van der Waals surface area contributed by atoms with E-state index in [1.54, 1.807) is 0 Å². The first-order chi connectivity index (χ1) is 7.04. The number of rotatable bonds is 3. The summed E-state index contributed by atoms with van der Waals surface area (Å²) in [6.07, 6.45) is 0.603. The van der Waals surface area contributed by atoms with E-state index in [1.165, 1.54) is 22.3 Å². The average Bonchev–Trinajstić information content (AvgIpc) is 2.11. The van der Waals surface area contributed by atoms with Gasteiger partial charge in [-0.3, -0.25) is 5.41 Å². The van der Waals surface area contributed by atoms with E-state index in [1.807, 2.05) is 6.92 Å². The van der Waals surface area contributed by atoms with Crippen LogP contribution in [0.15, 0.2) is 12.1 Å². The van der Waals surface area contributed by atoms with Gasteiger partial charge in [0, 0.05) is 6.42 Å². The Labute approximate surface area is 91.8 Å². The predicted octanol–water partition coefficient (Wildman–Crippen LogP) is 3.17. The summed E-state index contributed by atoms with van der Waals surface area (Å²) in [5.74, 6) is 0.354. The van der Waals surface area contributed by atoms with Gasteiger partial charge < -0.3 is 4.74 Å². The van der Waals surface area contributed by atoms with Gasteiger partial charge in [0.05, 0.1) is 6.61 Å². The van der Waals surface area contributed by atoms with Gasteiger partial charge in [-0.15, -0.1) is 0 Å². The standard InChI is InChI=1S/C13H19NO/c1-5-15-13(14)8-12-10(3)6-9(2)7-11(12)4/h6-7,14H,5,8H2,1-4H3. The summed E-state index contributed by atoms with van der Waals surface area (Å²) in [6.45, 7) is 8.76. The summed E-state index contributed by atoms with van der Waals surface area (Å²) in [4.78, 5) is 0. The van der Waals surface area contributed by atoms with Crippen molar-refractivity contribution in [1.82, 2.24) is 0 Å². The molecule has 0 spiro atoms. The maximum Gasteiger partial charge on any atom is 0.184 e. The molecule has 0 fully saturated rings. The molecule has 82 valence electrons. The molecule has 0 unspecified atom stereocenters. The van der Waals surface area contributed by atoms with Gasteiger partial charge in [0.25, 0.3) is 0 Å². The minimum Gasteiger partial charge on any atom is -0.481 e. The van der Waals surface area contributed by atoms with E-state index in [0.717, 1.165) is 0 Å². The van der Waals surface area contributed by atoms with Gasteiger partial charge in [-0.05, 0) is 44.4 Å². The van der Waals surface area contributed by atoms with Crippen LogP contribution in [0.4, 0.5) is 0 Å². The first kappa shape index (κ1) is 11.8. The molecule has 15 heavy (non-hydrogen) atoms. The molecule has 0 heterocycles. The quantitative estimate of drug-likeness (QED) is 0.596. The second kappa shape index (κ2) is 4.96. The third kappa shape index (κ3) is 3.08. The predicted molar refractivity (Wildman–Crippen MR) is 63.7 cm³/mol. The first-order valence-corrected chi connectivity index (χ1v) is 5.31. The van der Waals surface area contributed by atoms with Gasteiger partial charge in [0.2, 0.25) is 0 Å². The molecule has 2 nitrogen and oxygen atoms in total. The van der Waals surface area contributed by atoms with Crippen LogP contribution in [0.2, 0.25) is 0 Å². The summed E-state index contributed by atoms with van der Waals surface area (Å²) in [6, 6.07) is 4.31. The molecule has 1 N–H and O–H groups in total. The highest BCUT2D eigenvalue weighted by atomic mass is 16.5. The van der Waals surface area contributed by atoms with E-state index < -0.39 is 0 Å². The van der Waals surface area contributed by atoms with E-state index in [2.05, 4.69) is 32.9 Å². The summed E-state index contributed by atoms with van der Waals surface area (Å²) in [5.41, 5.74) is 4.99. The maximum atomic E-state index is 7.65. The lowest BCUT2D eigenvalue weighted by molar-refractivity contribution is 0.317. The van der Waals surface area contributed by atoms with Crippen molar-refractivity contribution >= 4 is 5.90 Å². The third-order valence-corrected chi connectivity index (χ3v) is 2.50. The van der Waals surface area contributed by atoms with Crippen molar-refractivity contribution in [3.63, 3.8) is 0 Å². The minimum absolute atomic E-state index is 0.354. The van der Waals surface area contributed by atoms with Crippen LogP contribution in [-0.2, 0) is 11.2 Å². The van der Waals surface area contributed by atoms with Crippen molar-refractivity contribution in [2.75, 3.05) is 6.61 Å². The zero-order valence-corrected chi connectivity index (χ0v) is 9.98. The van der Waals surface area contributed by atoms with Gasteiger partial charge in [0.1, 0.15) is 0 Å². The van der Waals surface area contributed by atoms with Crippen molar-refractivity contribution in [3.05, 3.63) is 34.4 Å². The monoisotopic (exact) mass is 205 g/mol. The number of hydrogen-bond acceptors (Lipinski definition) is 2. The molecule has 0 aliphatic carbocycles. The number of hydrogen-bond donors (Lipinski definition) is 1. The van der Waals surface area contributed by atoms with Crippen molar-refractivity contribution in [2.45, 2.75) is 34.1 Å². The molecular weight excluding hydrogens is 186 g/mol. The topological polar surface area (TPSA) is 33.1 Å². The van der Waals surface area contributed by atoms with Crippen LogP contribution in [0.25, 0.3) is 0 Å². The molecule has 0 bridgehead atoms. The molecule has 0 aliphatic rings. The fourth-order valence-electron chi connectivity index (χ4n) is 1.87. The molecule has 1 aromatic carbocycles. The SMILES string of the molecule is CCOC(=N)Cc1c(C)cc(C)cc1C. The Kier molecular flexibility index (Phi) is 3.89. The van der Waals surface area contributed by atoms with Gasteiger partial charge >= 0.3 is 0 Å². The van der Waals surface area contributed by atoms with E-state index >= 15 is 0 Å². The van der Waals surface area contributed by atoms with E-state index in [-0.39, 0.29) is 0 Å². The fourth-order valence-corrected chi connectivity index (χ4v) is 1.87. The summed E-state index contributed by atoms with van der Waals surface area (Å²) in [5, 5.41) is 7.65. The van der Waals surface area contributed by atoms with Crippen LogP contribution in [0.5, 0.6) is 0 Å². The highest BCUT2D eigenvalue weighted by molar-refractivity contribution is 5.76. The Bertz CT molecular complexity index is 346. The summed E-state index contributed by atoms with van der Waals surface area (Å²) in [7, 11) is 0. The van der Waals surface area contributed by atoms with Crippen LogP contribution in [-0.4, -0.2) is 12.5 Å². The van der Waals surface area contributed by atoms with Crippen molar-refractivity contribution in [2.24, 2.45) is 0 Å².